The average molecular weight is 472 g/mol. The topological polar surface area (TPSA) is 58.9 Å². The van der Waals surface area contributed by atoms with Crippen LogP contribution in [-0.4, -0.2) is 24.6 Å². The van der Waals surface area contributed by atoms with Gasteiger partial charge in [-0.05, 0) is 92.4 Å². The highest BCUT2D eigenvalue weighted by atomic mass is 15.3. The molecule has 0 aliphatic heterocycles. The molecule has 5 nitrogen and oxygen atoms in total. The quantitative estimate of drug-likeness (QED) is 0.320. The number of hydrogen-bond acceptors (Lipinski definition) is 3. The summed E-state index contributed by atoms with van der Waals surface area (Å²) in [6, 6.07) is 2.39. The van der Waals surface area contributed by atoms with Gasteiger partial charge in [0, 0.05) is 28.8 Å². The maximum atomic E-state index is 4.97. The van der Waals surface area contributed by atoms with Crippen LogP contribution in [0.5, 0.6) is 0 Å². The lowest BCUT2D eigenvalue weighted by atomic mass is 9.76. The summed E-state index contributed by atoms with van der Waals surface area (Å²) in [7, 11) is 0. The molecule has 186 valence electrons. The van der Waals surface area contributed by atoms with Crippen molar-refractivity contribution >= 4 is 16.6 Å². The average Bonchev–Trinajstić information content (AvgIpc) is 3.44. The monoisotopic (exact) mass is 471 g/mol. The van der Waals surface area contributed by atoms with Gasteiger partial charge in [0.15, 0.2) is 5.65 Å². The van der Waals surface area contributed by atoms with Gasteiger partial charge in [0.2, 0.25) is 0 Å². The van der Waals surface area contributed by atoms with Crippen molar-refractivity contribution in [3.63, 3.8) is 0 Å². The Morgan fingerprint density at radius 3 is 2.49 bits per heavy atom. The van der Waals surface area contributed by atoms with E-state index in [1.807, 2.05) is 4.52 Å². The summed E-state index contributed by atoms with van der Waals surface area (Å²) in [5.41, 5.74) is 9.97. The molecule has 1 aliphatic rings. The van der Waals surface area contributed by atoms with Gasteiger partial charge in [-0.1, -0.05) is 34.6 Å². The van der Waals surface area contributed by atoms with Crippen LogP contribution in [0.3, 0.4) is 0 Å². The van der Waals surface area contributed by atoms with Gasteiger partial charge in [-0.2, -0.15) is 5.10 Å². The highest BCUT2D eigenvalue weighted by Gasteiger charge is 2.26. The van der Waals surface area contributed by atoms with Crippen LogP contribution >= 0.6 is 0 Å². The number of pyridine rings is 2. The van der Waals surface area contributed by atoms with Crippen molar-refractivity contribution < 1.29 is 0 Å². The highest BCUT2D eigenvalue weighted by Crippen LogP contribution is 2.42. The lowest BCUT2D eigenvalue weighted by Gasteiger charge is -2.30. The van der Waals surface area contributed by atoms with E-state index in [0.29, 0.717) is 17.3 Å². The van der Waals surface area contributed by atoms with Gasteiger partial charge in [0.25, 0.3) is 0 Å². The minimum Gasteiger partial charge on any atom is -0.353 e. The molecule has 0 unspecified atom stereocenters. The number of aryl methyl sites for hydroxylation is 1. The normalized spacial score (nSPS) is 19.3. The Morgan fingerprint density at radius 1 is 1.06 bits per heavy atom. The summed E-state index contributed by atoms with van der Waals surface area (Å²) >= 11 is 0. The third kappa shape index (κ3) is 4.62. The molecule has 4 aromatic rings. The van der Waals surface area contributed by atoms with E-state index in [4.69, 9.17) is 4.98 Å². The van der Waals surface area contributed by atoms with Crippen LogP contribution in [0.15, 0.2) is 24.8 Å². The number of H-pyrrole nitrogens is 1. The Balaban J connectivity index is 1.47. The highest BCUT2D eigenvalue weighted by molar-refractivity contribution is 5.92. The molecular weight excluding hydrogens is 430 g/mol. The van der Waals surface area contributed by atoms with Crippen LogP contribution in [0.25, 0.3) is 27.8 Å². The Hall–Kier alpha value is -2.69. The smallest absolute Gasteiger partial charge is 0.158 e. The van der Waals surface area contributed by atoms with Gasteiger partial charge >= 0.3 is 0 Å². The largest absolute Gasteiger partial charge is 0.353 e. The van der Waals surface area contributed by atoms with Crippen LogP contribution in [0.4, 0.5) is 0 Å². The van der Waals surface area contributed by atoms with E-state index in [-0.39, 0.29) is 0 Å². The number of fused-ring (bicyclic) bond motifs is 2. The van der Waals surface area contributed by atoms with Crippen molar-refractivity contribution in [3.05, 3.63) is 47.2 Å². The van der Waals surface area contributed by atoms with E-state index >= 15 is 0 Å². The van der Waals surface area contributed by atoms with E-state index in [0.717, 1.165) is 17.1 Å². The molecule has 1 aliphatic carbocycles. The fourth-order valence-electron chi connectivity index (χ4n) is 6.00. The first-order chi connectivity index (χ1) is 16.6. The molecule has 0 aromatic carbocycles. The summed E-state index contributed by atoms with van der Waals surface area (Å²) < 4.78 is 1.90. The zero-order valence-electron chi connectivity index (χ0n) is 22.6. The van der Waals surface area contributed by atoms with Crippen LogP contribution < -0.4 is 0 Å². The molecule has 1 N–H and O–H groups in total. The number of nitrogens with zero attached hydrogens (tertiary/aromatic N) is 4. The molecule has 35 heavy (non-hydrogen) atoms. The molecule has 0 spiro atoms. The molecule has 1 saturated carbocycles. The van der Waals surface area contributed by atoms with Gasteiger partial charge in [0.05, 0.1) is 17.4 Å². The number of hydrogen-bond donors (Lipinski definition) is 1. The van der Waals surface area contributed by atoms with E-state index in [2.05, 4.69) is 82.0 Å². The summed E-state index contributed by atoms with van der Waals surface area (Å²) in [4.78, 5) is 13.1. The second-order valence-electron chi connectivity index (χ2n) is 12.4. The van der Waals surface area contributed by atoms with Crippen molar-refractivity contribution in [2.75, 3.05) is 0 Å². The zero-order chi connectivity index (χ0) is 24.9. The number of aromatic amines is 1. The van der Waals surface area contributed by atoms with Gasteiger partial charge in [0.1, 0.15) is 6.33 Å². The van der Waals surface area contributed by atoms with E-state index in [1.54, 1.807) is 6.33 Å². The predicted molar refractivity (Wildman–Crippen MR) is 145 cm³/mol. The fourth-order valence-corrected chi connectivity index (χ4v) is 6.00. The van der Waals surface area contributed by atoms with E-state index < -0.39 is 0 Å². The second-order valence-corrected chi connectivity index (χ2v) is 12.4. The summed E-state index contributed by atoms with van der Waals surface area (Å²) in [5, 5.41) is 5.75. The van der Waals surface area contributed by atoms with Crippen LogP contribution in [0.1, 0.15) is 107 Å². The number of rotatable bonds is 5. The second kappa shape index (κ2) is 9.07. The van der Waals surface area contributed by atoms with Gasteiger partial charge in [-0.15, -0.1) is 0 Å². The molecule has 0 amide bonds. The summed E-state index contributed by atoms with van der Waals surface area (Å²) in [5.74, 6) is 1.87. The lowest BCUT2D eigenvalue weighted by Crippen LogP contribution is -2.16. The molecule has 0 bridgehead atoms. The van der Waals surface area contributed by atoms with Gasteiger partial charge in [-0.3, -0.25) is 4.98 Å². The first-order valence-electron chi connectivity index (χ1n) is 13.4. The Morgan fingerprint density at radius 2 is 1.80 bits per heavy atom. The number of nitrogens with one attached hydrogen (secondary N) is 1. The minimum absolute atomic E-state index is 0.397. The first kappa shape index (κ1) is 24.0. The molecule has 0 atom stereocenters. The number of aromatic nitrogens is 5. The maximum Gasteiger partial charge on any atom is 0.158 e. The van der Waals surface area contributed by atoms with Crippen molar-refractivity contribution in [3.8, 4) is 11.3 Å². The summed E-state index contributed by atoms with van der Waals surface area (Å²) in [6.45, 7) is 16.0. The molecule has 4 aromatic heterocycles. The molecule has 4 heterocycles. The minimum atomic E-state index is 0.397. The van der Waals surface area contributed by atoms with Crippen molar-refractivity contribution in [2.45, 2.75) is 98.8 Å². The van der Waals surface area contributed by atoms with E-state index in [1.165, 1.54) is 77.6 Å². The van der Waals surface area contributed by atoms with Crippen LogP contribution in [-0.2, 0) is 0 Å². The van der Waals surface area contributed by atoms with Crippen molar-refractivity contribution in [1.82, 2.24) is 24.6 Å². The SMILES string of the molecule is Cc1c(-c2[nH]c3cnc(C4CCC(CCC(C)(C)C)CC4)cc3c2C(C)C)cn2ncnc2c1C. The Bertz CT molecular complexity index is 1340. The molecule has 0 saturated heterocycles. The molecule has 5 rings (SSSR count). The third-order valence-corrected chi connectivity index (χ3v) is 8.28. The van der Waals surface area contributed by atoms with Gasteiger partial charge in [-0.25, -0.2) is 9.50 Å². The van der Waals surface area contributed by atoms with Gasteiger partial charge < -0.3 is 4.98 Å². The lowest BCUT2D eigenvalue weighted by molar-refractivity contribution is 0.259. The molecule has 5 heteroatoms. The Kier molecular flexibility index (Phi) is 6.23. The summed E-state index contributed by atoms with van der Waals surface area (Å²) in [6.07, 6.45) is 13.7. The predicted octanol–water partition coefficient (Wildman–Crippen LogP) is 8.11. The molecular formula is C30H41N5. The third-order valence-electron chi connectivity index (χ3n) is 8.28. The molecule has 0 radical (unpaired) electrons. The molecule has 1 fully saturated rings. The van der Waals surface area contributed by atoms with Crippen LogP contribution in [0.2, 0.25) is 0 Å². The van der Waals surface area contributed by atoms with Crippen molar-refractivity contribution in [1.29, 1.82) is 0 Å². The Labute approximate surface area is 209 Å². The first-order valence-corrected chi connectivity index (χ1v) is 13.4. The standard InChI is InChI=1S/C30H41N5/c1-18(2)27-23-14-25(22-10-8-21(9-11-22)12-13-30(5,6)7)31-15-26(23)34-28(27)24-16-35-29(32-17-33-35)20(4)19(24)3/h14-18,21-22,34H,8-13H2,1-7H3. The van der Waals surface area contributed by atoms with E-state index in [9.17, 15) is 0 Å². The van der Waals surface area contributed by atoms with Crippen LogP contribution in [0, 0.1) is 25.2 Å². The zero-order valence-corrected chi connectivity index (χ0v) is 22.6. The maximum absolute atomic E-state index is 4.97. The van der Waals surface area contributed by atoms with Crippen molar-refractivity contribution in [2.24, 2.45) is 11.3 Å². The fraction of sp³-hybridized carbons (Fsp3) is 0.567.